The number of nitrogen functional groups attached to an aromatic ring is 1. The highest BCUT2D eigenvalue weighted by atomic mass is 32.1. The second-order valence-electron chi connectivity index (χ2n) is 4.50. The Bertz CT molecular complexity index is 440. The van der Waals surface area contributed by atoms with Crippen LogP contribution in [0.3, 0.4) is 0 Å². The van der Waals surface area contributed by atoms with Crippen LogP contribution in [-0.4, -0.2) is 42.2 Å². The van der Waals surface area contributed by atoms with Crippen LogP contribution >= 0.6 is 11.3 Å². The van der Waals surface area contributed by atoms with Crippen molar-refractivity contribution in [2.24, 2.45) is 0 Å². The lowest BCUT2D eigenvalue weighted by atomic mass is 10.3. The molecule has 0 aromatic carbocycles. The smallest absolute Gasteiger partial charge is 0.265 e. The summed E-state index contributed by atoms with van der Waals surface area (Å²) in [4.78, 5) is 18.3. The number of aliphatic hydroxyl groups is 1. The van der Waals surface area contributed by atoms with Gasteiger partial charge in [0.15, 0.2) is 5.13 Å². The number of hydrogen-bond donors (Lipinski definition) is 3. The van der Waals surface area contributed by atoms with Crippen LogP contribution in [0.1, 0.15) is 22.5 Å². The van der Waals surface area contributed by atoms with Crippen molar-refractivity contribution in [2.75, 3.05) is 31.3 Å². The van der Waals surface area contributed by atoms with Crippen molar-refractivity contribution < 1.29 is 9.90 Å². The number of amides is 1. The summed E-state index contributed by atoms with van der Waals surface area (Å²) >= 11 is 1.25. The fourth-order valence-electron chi connectivity index (χ4n) is 1.45. The van der Waals surface area contributed by atoms with Gasteiger partial charge in [0.1, 0.15) is 10.7 Å². The topological polar surface area (TPSA) is 91.5 Å². The predicted octanol–water partition coefficient (Wildman–Crippen LogP) is 0.0460. The van der Waals surface area contributed by atoms with Gasteiger partial charge in [-0.25, -0.2) is 4.98 Å². The van der Waals surface area contributed by atoms with Crippen LogP contribution < -0.4 is 16.0 Å². The maximum Gasteiger partial charge on any atom is 0.265 e. The molecule has 0 atom stereocenters. The van der Waals surface area contributed by atoms with Gasteiger partial charge in [-0.3, -0.25) is 4.79 Å². The number of aromatic nitrogens is 1. The summed E-state index contributed by atoms with van der Waals surface area (Å²) in [5.41, 5.74) is 5.29. The number of rotatable bonds is 4. The van der Waals surface area contributed by atoms with E-state index in [1.165, 1.54) is 11.3 Å². The molecule has 94 valence electrons. The SMILES string of the molecule is CN(C)c1nc(N)c(C(=O)NC2(CO)CC2)s1. The first-order valence-electron chi connectivity index (χ1n) is 5.34. The van der Waals surface area contributed by atoms with Crippen molar-refractivity contribution in [3.05, 3.63) is 4.88 Å². The van der Waals surface area contributed by atoms with Crippen LogP contribution in [0.2, 0.25) is 0 Å². The van der Waals surface area contributed by atoms with Gasteiger partial charge in [0, 0.05) is 14.1 Å². The van der Waals surface area contributed by atoms with E-state index in [4.69, 9.17) is 10.8 Å². The summed E-state index contributed by atoms with van der Waals surface area (Å²) in [6.07, 6.45) is 1.63. The van der Waals surface area contributed by atoms with Crippen LogP contribution in [0.4, 0.5) is 10.9 Å². The Morgan fingerprint density at radius 1 is 1.65 bits per heavy atom. The summed E-state index contributed by atoms with van der Waals surface area (Å²) in [7, 11) is 3.69. The fraction of sp³-hybridized carbons (Fsp3) is 0.600. The largest absolute Gasteiger partial charge is 0.394 e. The molecule has 0 saturated heterocycles. The van der Waals surface area contributed by atoms with Crippen molar-refractivity contribution in [3.8, 4) is 0 Å². The highest BCUT2D eigenvalue weighted by Gasteiger charge is 2.44. The van der Waals surface area contributed by atoms with Crippen molar-refractivity contribution in [1.29, 1.82) is 0 Å². The van der Waals surface area contributed by atoms with Gasteiger partial charge in [0.2, 0.25) is 0 Å². The molecule has 2 rings (SSSR count). The lowest BCUT2D eigenvalue weighted by Crippen LogP contribution is -2.39. The minimum absolute atomic E-state index is 0.0298. The number of carbonyl (C=O) groups is 1. The highest BCUT2D eigenvalue weighted by Crippen LogP contribution is 2.36. The molecule has 4 N–H and O–H groups in total. The summed E-state index contributed by atoms with van der Waals surface area (Å²) in [5, 5.41) is 12.7. The fourth-order valence-corrected chi connectivity index (χ4v) is 2.25. The third-order valence-electron chi connectivity index (χ3n) is 2.77. The summed E-state index contributed by atoms with van der Waals surface area (Å²) in [6, 6.07) is 0. The first-order chi connectivity index (χ1) is 7.97. The maximum atomic E-state index is 12.0. The van der Waals surface area contributed by atoms with Gasteiger partial charge in [-0.05, 0) is 12.8 Å². The highest BCUT2D eigenvalue weighted by molar-refractivity contribution is 7.18. The predicted molar refractivity (Wildman–Crippen MR) is 67.4 cm³/mol. The van der Waals surface area contributed by atoms with Crippen LogP contribution in [-0.2, 0) is 0 Å². The average Bonchev–Trinajstić information content (AvgIpc) is 2.93. The molecule has 1 aliphatic rings. The van der Waals surface area contributed by atoms with E-state index in [1.54, 1.807) is 4.90 Å². The first-order valence-corrected chi connectivity index (χ1v) is 6.16. The molecule has 0 unspecified atom stereocenters. The third kappa shape index (κ3) is 2.34. The van der Waals surface area contributed by atoms with Crippen LogP contribution in [0.5, 0.6) is 0 Å². The molecule has 0 aliphatic heterocycles. The molecule has 1 aromatic rings. The van der Waals surface area contributed by atoms with Crippen LogP contribution in [0.15, 0.2) is 0 Å². The molecule has 1 saturated carbocycles. The van der Waals surface area contributed by atoms with Crippen LogP contribution in [0, 0.1) is 0 Å². The first kappa shape index (κ1) is 12.1. The molecule has 17 heavy (non-hydrogen) atoms. The van der Waals surface area contributed by atoms with Gasteiger partial charge < -0.3 is 21.1 Å². The average molecular weight is 256 g/mol. The van der Waals surface area contributed by atoms with Gasteiger partial charge in [-0.1, -0.05) is 11.3 Å². The van der Waals surface area contributed by atoms with Crippen molar-refractivity contribution in [1.82, 2.24) is 10.3 Å². The molecule has 1 aliphatic carbocycles. The Balaban J connectivity index is 2.14. The number of nitrogens with one attached hydrogen (secondary N) is 1. The molecule has 1 aromatic heterocycles. The van der Waals surface area contributed by atoms with Crippen LogP contribution in [0.25, 0.3) is 0 Å². The van der Waals surface area contributed by atoms with Crippen molar-refractivity contribution in [3.63, 3.8) is 0 Å². The Kier molecular flexibility index (Phi) is 2.96. The molecule has 6 nitrogen and oxygen atoms in total. The minimum Gasteiger partial charge on any atom is -0.394 e. The van der Waals surface area contributed by atoms with Crippen molar-refractivity contribution in [2.45, 2.75) is 18.4 Å². The van der Waals surface area contributed by atoms with E-state index >= 15 is 0 Å². The van der Waals surface area contributed by atoms with Gasteiger partial charge in [0.25, 0.3) is 5.91 Å². The molecule has 0 radical (unpaired) electrons. The van der Waals surface area contributed by atoms with Gasteiger partial charge >= 0.3 is 0 Å². The molecule has 0 bridgehead atoms. The standard InChI is InChI=1S/C10H16N4O2S/c1-14(2)9-12-7(11)6(17-9)8(16)13-10(5-15)3-4-10/h15H,3-5,11H2,1-2H3,(H,13,16). The molecule has 0 spiro atoms. The molecule has 1 heterocycles. The summed E-state index contributed by atoms with van der Waals surface area (Å²) in [5.74, 6) is -0.00964. The lowest BCUT2D eigenvalue weighted by Gasteiger charge is -2.13. The number of aliphatic hydroxyl groups excluding tert-OH is 1. The Hall–Kier alpha value is -1.34. The van der Waals surface area contributed by atoms with Gasteiger partial charge in [-0.2, -0.15) is 0 Å². The van der Waals surface area contributed by atoms with Gasteiger partial charge in [0.05, 0.1) is 12.1 Å². The zero-order valence-electron chi connectivity index (χ0n) is 9.86. The second-order valence-corrected chi connectivity index (χ2v) is 5.48. The van der Waals surface area contributed by atoms with E-state index in [2.05, 4.69) is 10.3 Å². The zero-order valence-corrected chi connectivity index (χ0v) is 10.7. The van der Waals surface area contributed by atoms with E-state index in [0.29, 0.717) is 10.0 Å². The van der Waals surface area contributed by atoms with E-state index < -0.39 is 5.54 Å². The molecule has 1 fully saturated rings. The minimum atomic E-state index is -0.425. The van der Waals surface area contributed by atoms with E-state index in [0.717, 1.165) is 12.8 Å². The number of hydrogen-bond acceptors (Lipinski definition) is 6. The monoisotopic (exact) mass is 256 g/mol. The summed E-state index contributed by atoms with van der Waals surface area (Å²) < 4.78 is 0. The molecular weight excluding hydrogens is 240 g/mol. The lowest BCUT2D eigenvalue weighted by molar-refractivity contribution is 0.0911. The zero-order chi connectivity index (χ0) is 12.6. The maximum absolute atomic E-state index is 12.0. The number of thiazole rings is 1. The molecular formula is C10H16N4O2S. The van der Waals surface area contributed by atoms with Gasteiger partial charge in [-0.15, -0.1) is 0 Å². The van der Waals surface area contributed by atoms with Crippen molar-refractivity contribution >= 4 is 28.2 Å². The Morgan fingerprint density at radius 3 is 2.71 bits per heavy atom. The third-order valence-corrected chi connectivity index (χ3v) is 4.00. The quantitative estimate of drug-likeness (QED) is 0.708. The van der Waals surface area contributed by atoms with E-state index in [9.17, 15) is 4.79 Å². The van der Waals surface area contributed by atoms with E-state index in [1.807, 2.05) is 14.1 Å². The summed E-state index contributed by atoms with van der Waals surface area (Å²) in [6.45, 7) is -0.0298. The number of carbonyl (C=O) groups excluding carboxylic acids is 1. The number of nitrogens with two attached hydrogens (primary N) is 1. The molecule has 1 amide bonds. The Labute approximate surface area is 103 Å². The normalized spacial score (nSPS) is 16.6. The molecule has 7 heteroatoms. The number of anilines is 2. The second kappa shape index (κ2) is 4.15. The Morgan fingerprint density at radius 2 is 2.29 bits per heavy atom. The van der Waals surface area contributed by atoms with E-state index in [-0.39, 0.29) is 18.3 Å². The number of nitrogens with zero attached hydrogens (tertiary/aromatic N) is 2.